The predicted octanol–water partition coefficient (Wildman–Crippen LogP) is 2.66. The zero-order valence-electron chi connectivity index (χ0n) is 13.5. The number of thiophene rings is 1. The molecule has 0 aromatic carbocycles. The second-order valence-electron chi connectivity index (χ2n) is 7.41. The van der Waals surface area contributed by atoms with Crippen LogP contribution < -0.4 is 0 Å². The van der Waals surface area contributed by atoms with E-state index in [1.165, 1.54) is 16.9 Å². The van der Waals surface area contributed by atoms with Gasteiger partial charge in [-0.15, -0.1) is 11.3 Å². The van der Waals surface area contributed by atoms with Crippen LogP contribution in [-0.4, -0.2) is 42.8 Å². The van der Waals surface area contributed by atoms with Gasteiger partial charge in [0.15, 0.2) is 9.84 Å². The Labute approximate surface area is 141 Å². The normalized spacial score (nSPS) is 29.3. The van der Waals surface area contributed by atoms with E-state index in [0.717, 1.165) is 30.6 Å². The number of amides is 1. The van der Waals surface area contributed by atoms with Crippen LogP contribution in [0.4, 0.5) is 0 Å². The monoisotopic (exact) mass is 353 g/mol. The number of nitrogens with zero attached hydrogens (tertiary/aromatic N) is 1. The van der Waals surface area contributed by atoms with Crippen molar-refractivity contribution in [3.63, 3.8) is 0 Å². The Kier molecular flexibility index (Phi) is 3.80. The molecular formula is C17H23NO3S2. The first-order valence-corrected chi connectivity index (χ1v) is 11.2. The van der Waals surface area contributed by atoms with Crippen molar-refractivity contribution in [2.45, 2.75) is 57.5 Å². The second-order valence-corrected chi connectivity index (χ2v) is 10.8. The van der Waals surface area contributed by atoms with Crippen LogP contribution in [0.15, 0.2) is 6.07 Å². The topological polar surface area (TPSA) is 54.5 Å². The fourth-order valence-corrected chi connectivity index (χ4v) is 6.78. The summed E-state index contributed by atoms with van der Waals surface area (Å²) in [6, 6.07) is 2.23. The van der Waals surface area contributed by atoms with Crippen molar-refractivity contribution in [1.82, 2.24) is 4.90 Å². The summed E-state index contributed by atoms with van der Waals surface area (Å²) >= 11 is 1.64. The van der Waals surface area contributed by atoms with Crippen LogP contribution in [0.25, 0.3) is 0 Å². The molecule has 23 heavy (non-hydrogen) atoms. The highest BCUT2D eigenvalue weighted by molar-refractivity contribution is 7.91. The summed E-state index contributed by atoms with van der Waals surface area (Å²) in [6.07, 6.45) is 5.99. The molecular weight excluding hydrogens is 330 g/mol. The van der Waals surface area contributed by atoms with Crippen molar-refractivity contribution in [3.05, 3.63) is 21.4 Å². The molecule has 2 aliphatic carbocycles. The molecule has 2 unspecified atom stereocenters. The van der Waals surface area contributed by atoms with Gasteiger partial charge in [-0.2, -0.15) is 0 Å². The zero-order valence-corrected chi connectivity index (χ0v) is 15.1. The molecule has 4 rings (SSSR count). The zero-order chi connectivity index (χ0) is 16.2. The molecule has 2 fully saturated rings. The maximum atomic E-state index is 13.1. The molecule has 1 aromatic heterocycles. The van der Waals surface area contributed by atoms with Crippen molar-refractivity contribution >= 4 is 27.1 Å². The quantitative estimate of drug-likeness (QED) is 0.839. The Morgan fingerprint density at radius 2 is 2.00 bits per heavy atom. The van der Waals surface area contributed by atoms with E-state index in [2.05, 4.69) is 13.0 Å². The molecule has 0 N–H and O–H groups in total. The fourth-order valence-electron chi connectivity index (χ4n) is 3.92. The minimum atomic E-state index is -2.96. The number of hydrogen-bond donors (Lipinski definition) is 0. The highest BCUT2D eigenvalue weighted by Crippen LogP contribution is 2.37. The summed E-state index contributed by atoms with van der Waals surface area (Å²) in [6.45, 7) is 2.27. The van der Waals surface area contributed by atoms with Crippen LogP contribution in [0.3, 0.4) is 0 Å². The molecule has 1 amide bonds. The largest absolute Gasteiger partial charge is 0.331 e. The molecule has 0 spiro atoms. The van der Waals surface area contributed by atoms with Gasteiger partial charge in [0.05, 0.1) is 16.4 Å². The fraction of sp³-hybridized carbons (Fsp3) is 0.706. The summed E-state index contributed by atoms with van der Waals surface area (Å²) in [5.74, 6) is 1.14. The number of carbonyl (C=O) groups is 1. The van der Waals surface area contributed by atoms with Crippen molar-refractivity contribution in [3.8, 4) is 0 Å². The molecule has 1 saturated heterocycles. The van der Waals surface area contributed by atoms with E-state index in [-0.39, 0.29) is 29.5 Å². The van der Waals surface area contributed by atoms with Crippen LogP contribution in [0.1, 0.15) is 52.7 Å². The molecule has 0 radical (unpaired) electrons. The minimum Gasteiger partial charge on any atom is -0.331 e. The average molecular weight is 354 g/mol. The Hall–Kier alpha value is -0.880. The minimum absolute atomic E-state index is 0.0710. The van der Waals surface area contributed by atoms with E-state index in [4.69, 9.17) is 0 Å². The first-order chi connectivity index (χ1) is 10.9. The van der Waals surface area contributed by atoms with Gasteiger partial charge in [0.2, 0.25) is 0 Å². The SMILES string of the molecule is CC1CCc2sc(C(=O)N(C3CC3)C3CCS(=O)(=O)C3)cc2C1. The molecule has 1 saturated carbocycles. The van der Waals surface area contributed by atoms with Crippen molar-refractivity contribution in [1.29, 1.82) is 0 Å². The molecule has 126 valence electrons. The molecule has 4 nitrogen and oxygen atoms in total. The lowest BCUT2D eigenvalue weighted by molar-refractivity contribution is 0.0686. The lowest BCUT2D eigenvalue weighted by atomic mass is 9.90. The molecule has 0 bridgehead atoms. The van der Waals surface area contributed by atoms with Crippen molar-refractivity contribution in [2.24, 2.45) is 5.92 Å². The van der Waals surface area contributed by atoms with Crippen LogP contribution in [0.5, 0.6) is 0 Å². The number of rotatable bonds is 3. The number of hydrogen-bond acceptors (Lipinski definition) is 4. The van der Waals surface area contributed by atoms with Crippen LogP contribution >= 0.6 is 11.3 Å². The van der Waals surface area contributed by atoms with Crippen molar-refractivity contribution < 1.29 is 13.2 Å². The summed E-state index contributed by atoms with van der Waals surface area (Å²) in [5, 5.41) is 0. The third-order valence-corrected chi connectivity index (χ3v) is 8.29. The van der Waals surface area contributed by atoms with Crippen LogP contribution in [0.2, 0.25) is 0 Å². The van der Waals surface area contributed by atoms with Crippen molar-refractivity contribution in [2.75, 3.05) is 11.5 Å². The smallest absolute Gasteiger partial charge is 0.264 e. The highest BCUT2D eigenvalue weighted by Gasteiger charge is 2.42. The Bertz CT molecular complexity index is 733. The van der Waals surface area contributed by atoms with Gasteiger partial charge in [-0.1, -0.05) is 6.92 Å². The summed E-state index contributed by atoms with van der Waals surface area (Å²) in [7, 11) is -2.96. The van der Waals surface area contributed by atoms with E-state index in [0.29, 0.717) is 12.3 Å². The van der Waals surface area contributed by atoms with Gasteiger partial charge in [-0.05, 0) is 56.1 Å². The average Bonchev–Trinajstić information content (AvgIpc) is 3.12. The third-order valence-electron chi connectivity index (χ3n) is 5.32. The Morgan fingerprint density at radius 3 is 2.65 bits per heavy atom. The van der Waals surface area contributed by atoms with Gasteiger partial charge in [-0.3, -0.25) is 4.79 Å². The van der Waals surface area contributed by atoms with Gasteiger partial charge in [0.1, 0.15) is 0 Å². The molecule has 2 heterocycles. The first-order valence-electron chi connectivity index (χ1n) is 8.57. The standard InChI is InChI=1S/C17H23NO3S2/c1-11-2-5-15-12(8-11)9-16(22-15)17(19)18(13-3-4-13)14-6-7-23(20,21)10-14/h9,11,13-14H,2-8,10H2,1H3. The predicted molar refractivity (Wildman–Crippen MR) is 91.8 cm³/mol. The Morgan fingerprint density at radius 1 is 1.22 bits per heavy atom. The molecule has 3 aliphatic rings. The molecule has 2 atom stereocenters. The maximum absolute atomic E-state index is 13.1. The number of aryl methyl sites for hydroxylation is 1. The lowest BCUT2D eigenvalue weighted by Crippen LogP contribution is -2.42. The molecule has 1 aliphatic heterocycles. The van der Waals surface area contributed by atoms with E-state index in [9.17, 15) is 13.2 Å². The van der Waals surface area contributed by atoms with Crippen LogP contribution in [0, 0.1) is 5.92 Å². The third kappa shape index (κ3) is 3.07. The van der Waals surface area contributed by atoms with Gasteiger partial charge in [0, 0.05) is 17.0 Å². The second kappa shape index (κ2) is 5.59. The van der Waals surface area contributed by atoms with E-state index in [1.807, 2.05) is 4.90 Å². The van der Waals surface area contributed by atoms with Crippen LogP contribution in [-0.2, 0) is 22.7 Å². The van der Waals surface area contributed by atoms with E-state index in [1.54, 1.807) is 11.3 Å². The summed E-state index contributed by atoms with van der Waals surface area (Å²) in [5.41, 5.74) is 1.34. The number of fused-ring (bicyclic) bond motifs is 1. The van der Waals surface area contributed by atoms with E-state index < -0.39 is 9.84 Å². The molecule has 1 aromatic rings. The summed E-state index contributed by atoms with van der Waals surface area (Å²) in [4.78, 5) is 17.2. The maximum Gasteiger partial charge on any atom is 0.264 e. The summed E-state index contributed by atoms with van der Waals surface area (Å²) < 4.78 is 23.6. The van der Waals surface area contributed by atoms with Gasteiger partial charge >= 0.3 is 0 Å². The number of sulfone groups is 1. The Balaban J connectivity index is 1.59. The van der Waals surface area contributed by atoms with Gasteiger partial charge in [0.25, 0.3) is 5.91 Å². The number of carbonyl (C=O) groups excluding carboxylic acids is 1. The molecule has 6 heteroatoms. The first kappa shape index (κ1) is 15.6. The van der Waals surface area contributed by atoms with E-state index >= 15 is 0 Å². The lowest BCUT2D eigenvalue weighted by Gasteiger charge is -2.27. The van der Waals surface area contributed by atoms with Gasteiger partial charge in [-0.25, -0.2) is 8.42 Å². The highest BCUT2D eigenvalue weighted by atomic mass is 32.2. The van der Waals surface area contributed by atoms with Gasteiger partial charge < -0.3 is 4.90 Å².